The molecule has 1 fully saturated rings. The second-order valence-electron chi connectivity index (χ2n) is 4.78. The Morgan fingerprint density at radius 3 is 2.33 bits per heavy atom. The summed E-state index contributed by atoms with van der Waals surface area (Å²) in [4.78, 5) is -0.508. The van der Waals surface area contributed by atoms with Gasteiger partial charge in [-0.2, -0.15) is 13.2 Å². The highest BCUT2D eigenvalue weighted by molar-refractivity contribution is 7.89. The van der Waals surface area contributed by atoms with Crippen LogP contribution in [0.5, 0.6) is 0 Å². The highest BCUT2D eigenvalue weighted by atomic mass is 32.2. The predicted molar refractivity (Wildman–Crippen MR) is 67.6 cm³/mol. The lowest BCUT2D eigenvalue weighted by atomic mass is 10.1. The van der Waals surface area contributed by atoms with Gasteiger partial charge in [-0.25, -0.2) is 17.5 Å². The van der Waals surface area contributed by atoms with Gasteiger partial charge in [0.15, 0.2) is 0 Å². The van der Waals surface area contributed by atoms with Crippen LogP contribution < -0.4 is 10.0 Å². The van der Waals surface area contributed by atoms with Crippen LogP contribution in [-0.2, 0) is 16.2 Å². The van der Waals surface area contributed by atoms with Crippen molar-refractivity contribution >= 4 is 10.0 Å². The summed E-state index contributed by atoms with van der Waals surface area (Å²) in [6, 6.07) is 1.29. The molecule has 1 aliphatic rings. The first kappa shape index (κ1) is 16.2. The fourth-order valence-electron chi connectivity index (χ4n) is 2.12. The summed E-state index contributed by atoms with van der Waals surface area (Å²) < 4.78 is 77.2. The molecule has 9 heteroatoms. The van der Waals surface area contributed by atoms with E-state index in [0.717, 1.165) is 6.07 Å². The first-order valence-electron chi connectivity index (χ1n) is 6.30. The van der Waals surface area contributed by atoms with Crippen LogP contribution in [0.3, 0.4) is 0 Å². The van der Waals surface area contributed by atoms with Crippen LogP contribution in [0.1, 0.15) is 18.4 Å². The van der Waals surface area contributed by atoms with Crippen LogP contribution >= 0.6 is 0 Å². The molecule has 21 heavy (non-hydrogen) atoms. The molecule has 0 radical (unpaired) electrons. The summed E-state index contributed by atoms with van der Waals surface area (Å²) in [7, 11) is -4.03. The molecule has 1 heterocycles. The van der Waals surface area contributed by atoms with E-state index in [0.29, 0.717) is 38.1 Å². The fourth-order valence-corrected chi connectivity index (χ4v) is 3.44. The first-order valence-corrected chi connectivity index (χ1v) is 7.78. The van der Waals surface area contributed by atoms with E-state index in [1.165, 1.54) is 0 Å². The maximum atomic E-state index is 13.4. The van der Waals surface area contributed by atoms with Crippen molar-refractivity contribution in [1.29, 1.82) is 0 Å². The molecule has 0 amide bonds. The van der Waals surface area contributed by atoms with Crippen LogP contribution in [0.25, 0.3) is 0 Å². The van der Waals surface area contributed by atoms with Gasteiger partial charge in [-0.15, -0.1) is 0 Å². The fraction of sp³-hybridized carbons (Fsp3) is 0.500. The quantitative estimate of drug-likeness (QED) is 0.834. The van der Waals surface area contributed by atoms with Crippen molar-refractivity contribution in [3.8, 4) is 0 Å². The van der Waals surface area contributed by atoms with E-state index < -0.39 is 32.5 Å². The normalized spacial score (nSPS) is 17.9. The lowest BCUT2D eigenvalue weighted by molar-refractivity contribution is -0.140. The number of rotatable bonds is 3. The number of sulfonamides is 1. The molecule has 0 atom stereocenters. The van der Waals surface area contributed by atoms with E-state index in [9.17, 15) is 26.0 Å². The average molecular weight is 326 g/mol. The molecular formula is C12H14F4N2O2S. The largest absolute Gasteiger partial charge is 0.419 e. The summed E-state index contributed by atoms with van der Waals surface area (Å²) >= 11 is 0. The Kier molecular flexibility index (Phi) is 4.54. The Hall–Kier alpha value is -1.19. The van der Waals surface area contributed by atoms with Crippen molar-refractivity contribution in [2.45, 2.75) is 30.0 Å². The molecule has 1 saturated heterocycles. The predicted octanol–water partition coefficient (Wildman–Crippen LogP) is 1.87. The van der Waals surface area contributed by atoms with Gasteiger partial charge < -0.3 is 5.32 Å². The zero-order valence-electron chi connectivity index (χ0n) is 10.9. The first-order chi connectivity index (χ1) is 9.70. The molecule has 2 N–H and O–H groups in total. The average Bonchev–Trinajstić information content (AvgIpc) is 2.37. The molecule has 4 nitrogen and oxygen atoms in total. The van der Waals surface area contributed by atoms with E-state index in [1.54, 1.807) is 0 Å². The molecule has 0 aliphatic carbocycles. The molecule has 1 aliphatic heterocycles. The highest BCUT2D eigenvalue weighted by Gasteiger charge is 2.35. The van der Waals surface area contributed by atoms with Crippen molar-refractivity contribution in [2.24, 2.45) is 0 Å². The Labute approximate surface area is 119 Å². The van der Waals surface area contributed by atoms with E-state index in [1.807, 2.05) is 0 Å². The van der Waals surface area contributed by atoms with Crippen molar-refractivity contribution in [3.63, 3.8) is 0 Å². The molecule has 1 aromatic carbocycles. The van der Waals surface area contributed by atoms with Gasteiger partial charge >= 0.3 is 6.18 Å². The molecule has 0 aromatic heterocycles. The minimum Gasteiger partial charge on any atom is -0.317 e. The van der Waals surface area contributed by atoms with Gasteiger partial charge in [0.05, 0.1) is 10.5 Å². The van der Waals surface area contributed by atoms with Gasteiger partial charge in [-0.1, -0.05) is 0 Å². The third-order valence-corrected chi connectivity index (χ3v) is 4.74. The molecule has 0 bridgehead atoms. The van der Waals surface area contributed by atoms with Crippen molar-refractivity contribution in [1.82, 2.24) is 10.0 Å². The van der Waals surface area contributed by atoms with Gasteiger partial charge in [-0.05, 0) is 44.1 Å². The number of hydrogen-bond donors (Lipinski definition) is 2. The van der Waals surface area contributed by atoms with E-state index in [4.69, 9.17) is 0 Å². The van der Waals surface area contributed by atoms with Crippen LogP contribution in [0, 0.1) is 5.82 Å². The van der Waals surface area contributed by atoms with Crippen molar-refractivity contribution < 1.29 is 26.0 Å². The monoisotopic (exact) mass is 326 g/mol. The maximum absolute atomic E-state index is 13.4. The van der Waals surface area contributed by atoms with Gasteiger partial charge in [0.25, 0.3) is 0 Å². The van der Waals surface area contributed by atoms with Gasteiger partial charge in [0, 0.05) is 6.04 Å². The van der Waals surface area contributed by atoms with Crippen molar-refractivity contribution in [3.05, 3.63) is 29.6 Å². The minimum atomic E-state index is -4.85. The lowest BCUT2D eigenvalue weighted by Gasteiger charge is -2.23. The van der Waals surface area contributed by atoms with Crippen LogP contribution in [-0.4, -0.2) is 27.5 Å². The second kappa shape index (κ2) is 5.90. The third-order valence-electron chi connectivity index (χ3n) is 3.22. The molecular weight excluding hydrogens is 312 g/mol. The van der Waals surface area contributed by atoms with E-state index in [-0.39, 0.29) is 6.04 Å². The summed E-state index contributed by atoms with van der Waals surface area (Å²) in [6.07, 6.45) is -3.71. The number of alkyl halides is 3. The van der Waals surface area contributed by atoms with Gasteiger partial charge in [0.1, 0.15) is 5.82 Å². The number of hydrogen-bond acceptors (Lipinski definition) is 3. The number of benzene rings is 1. The second-order valence-corrected chi connectivity index (χ2v) is 6.50. The lowest BCUT2D eigenvalue weighted by Crippen LogP contribution is -2.42. The maximum Gasteiger partial charge on any atom is 0.419 e. The third kappa shape index (κ3) is 3.92. The minimum absolute atomic E-state index is 0.304. The standard InChI is InChI=1S/C12H14F4N2O2S/c13-11-7-9(1-2-10(11)12(14,15)16)21(19,20)18-8-3-5-17-6-4-8/h1-2,7-8,17-18H,3-6H2. The highest BCUT2D eigenvalue weighted by Crippen LogP contribution is 2.32. The zero-order chi connectivity index (χ0) is 15.7. The van der Waals surface area contributed by atoms with Crippen LogP contribution in [0.4, 0.5) is 17.6 Å². The molecule has 1 aromatic rings. The number of piperidine rings is 1. The Morgan fingerprint density at radius 2 is 1.81 bits per heavy atom. The van der Waals surface area contributed by atoms with Gasteiger partial charge in [-0.3, -0.25) is 0 Å². The van der Waals surface area contributed by atoms with Crippen LogP contribution in [0.15, 0.2) is 23.1 Å². The zero-order valence-corrected chi connectivity index (χ0v) is 11.7. The molecule has 0 unspecified atom stereocenters. The Morgan fingerprint density at radius 1 is 1.19 bits per heavy atom. The molecule has 0 spiro atoms. The summed E-state index contributed by atoms with van der Waals surface area (Å²) in [6.45, 7) is 1.29. The number of nitrogens with one attached hydrogen (secondary N) is 2. The molecule has 118 valence electrons. The van der Waals surface area contributed by atoms with Crippen molar-refractivity contribution in [2.75, 3.05) is 13.1 Å². The summed E-state index contributed by atoms with van der Waals surface area (Å²) in [5, 5.41) is 3.05. The topological polar surface area (TPSA) is 58.2 Å². The van der Waals surface area contributed by atoms with Gasteiger partial charge in [0.2, 0.25) is 10.0 Å². The van der Waals surface area contributed by atoms with Crippen LogP contribution in [0.2, 0.25) is 0 Å². The van der Waals surface area contributed by atoms with E-state index >= 15 is 0 Å². The summed E-state index contributed by atoms with van der Waals surface area (Å²) in [5.41, 5.74) is -1.48. The Balaban J connectivity index is 2.22. The number of halogens is 4. The Bertz CT molecular complexity index is 610. The SMILES string of the molecule is O=S(=O)(NC1CCNCC1)c1ccc(C(F)(F)F)c(F)c1. The smallest absolute Gasteiger partial charge is 0.317 e. The molecule has 0 saturated carbocycles. The molecule has 2 rings (SSSR count). The summed E-state index contributed by atoms with van der Waals surface area (Å²) in [5.74, 6) is -1.60. The van der Waals surface area contributed by atoms with E-state index in [2.05, 4.69) is 10.0 Å².